The molecule has 1 N–H and O–H groups in total. The van der Waals surface area contributed by atoms with Gasteiger partial charge in [0.2, 0.25) is 0 Å². The van der Waals surface area contributed by atoms with Crippen LogP contribution >= 0.6 is 15.9 Å². The van der Waals surface area contributed by atoms with Crippen LogP contribution in [0.3, 0.4) is 0 Å². The van der Waals surface area contributed by atoms with E-state index in [2.05, 4.69) is 32.3 Å². The van der Waals surface area contributed by atoms with Crippen LogP contribution in [0.15, 0.2) is 22.7 Å². The molecule has 2 aromatic rings. The predicted molar refractivity (Wildman–Crippen MR) is 42.6 cm³/mol. The first-order valence-corrected chi connectivity index (χ1v) is 3.67. The highest BCUT2D eigenvalue weighted by atomic mass is 79.9. The molecule has 10 heavy (non-hydrogen) atoms. The minimum atomic E-state index is 1.01. The van der Waals surface area contributed by atoms with Crippen molar-refractivity contribution in [2.24, 2.45) is 0 Å². The van der Waals surface area contributed by atoms with Crippen molar-refractivity contribution in [3.63, 3.8) is 0 Å². The number of aromatic nitrogens is 2. The highest BCUT2D eigenvalue weighted by Crippen LogP contribution is 2.16. The van der Waals surface area contributed by atoms with Gasteiger partial charge in [-0.05, 0) is 18.2 Å². The fourth-order valence-electron chi connectivity index (χ4n) is 0.855. The lowest BCUT2D eigenvalue weighted by Crippen LogP contribution is -1.67. The van der Waals surface area contributed by atoms with Crippen LogP contribution in [0, 0.1) is 6.20 Å². The number of aromatic amines is 1. The van der Waals surface area contributed by atoms with E-state index in [1.54, 1.807) is 0 Å². The van der Waals surface area contributed by atoms with Crippen LogP contribution in [-0.2, 0) is 0 Å². The molecule has 0 unspecified atom stereocenters. The second kappa shape index (κ2) is 2.09. The second-order valence-corrected chi connectivity index (χ2v) is 2.94. The van der Waals surface area contributed by atoms with Crippen LogP contribution in [0.2, 0.25) is 0 Å². The van der Waals surface area contributed by atoms with Gasteiger partial charge in [-0.25, -0.2) is 0 Å². The number of H-pyrrole nitrogens is 1. The molecule has 3 heteroatoms. The van der Waals surface area contributed by atoms with Gasteiger partial charge in [0.15, 0.2) is 0 Å². The Morgan fingerprint density at radius 3 is 3.30 bits per heavy atom. The minimum Gasteiger partial charge on any atom is -0.277 e. The number of nitrogens with one attached hydrogen (secondary N) is 1. The van der Waals surface area contributed by atoms with E-state index >= 15 is 0 Å². The van der Waals surface area contributed by atoms with E-state index in [4.69, 9.17) is 0 Å². The Morgan fingerprint density at radius 1 is 1.50 bits per heavy atom. The van der Waals surface area contributed by atoms with Crippen molar-refractivity contribution in [1.29, 1.82) is 0 Å². The van der Waals surface area contributed by atoms with Gasteiger partial charge in [0.25, 0.3) is 0 Å². The molecule has 2 nitrogen and oxygen atoms in total. The smallest absolute Gasteiger partial charge is 0.121 e. The Kier molecular flexibility index (Phi) is 1.24. The van der Waals surface area contributed by atoms with Crippen molar-refractivity contribution in [2.45, 2.75) is 0 Å². The molecular formula is C7H4BrN2. The number of rotatable bonds is 0. The maximum atomic E-state index is 3.77. The molecule has 0 saturated carbocycles. The first kappa shape index (κ1) is 5.92. The molecule has 1 radical (unpaired) electrons. The Hall–Kier alpha value is -0.830. The van der Waals surface area contributed by atoms with E-state index in [0.717, 1.165) is 15.4 Å². The van der Waals surface area contributed by atoms with Crippen molar-refractivity contribution < 1.29 is 0 Å². The molecule has 0 aliphatic heterocycles. The Labute approximate surface area is 66.4 Å². The first-order chi connectivity index (χ1) is 4.86. The summed E-state index contributed by atoms with van der Waals surface area (Å²) in [5, 5.41) is 7.61. The molecule has 0 spiro atoms. The van der Waals surface area contributed by atoms with E-state index in [9.17, 15) is 0 Å². The molecule has 0 atom stereocenters. The summed E-state index contributed by atoms with van der Waals surface area (Å²) < 4.78 is 1.05. The van der Waals surface area contributed by atoms with Gasteiger partial charge < -0.3 is 0 Å². The SMILES string of the molecule is Brc1ccc2[c]n[nH]c2c1. The number of hydrogen-bond donors (Lipinski definition) is 1. The Bertz CT molecular complexity index is 353. The fraction of sp³-hybridized carbons (Fsp3) is 0. The van der Waals surface area contributed by atoms with Crippen LogP contribution in [0.25, 0.3) is 10.9 Å². The number of hydrogen-bond acceptors (Lipinski definition) is 1. The molecule has 1 aromatic heterocycles. The molecule has 1 heterocycles. The van der Waals surface area contributed by atoms with Gasteiger partial charge >= 0.3 is 0 Å². The highest BCUT2D eigenvalue weighted by Gasteiger charge is 1.94. The predicted octanol–water partition coefficient (Wildman–Crippen LogP) is 2.13. The molecule has 0 bridgehead atoms. The zero-order valence-corrected chi connectivity index (χ0v) is 6.64. The van der Waals surface area contributed by atoms with Crippen LogP contribution < -0.4 is 0 Å². The summed E-state index contributed by atoms with van der Waals surface area (Å²) in [7, 11) is 0. The summed E-state index contributed by atoms with van der Waals surface area (Å²) in [6, 6.07) is 5.90. The summed E-state index contributed by atoms with van der Waals surface area (Å²) in [6.45, 7) is 0. The molecule has 0 fully saturated rings. The molecule has 1 aromatic carbocycles. The van der Waals surface area contributed by atoms with Crippen LogP contribution in [-0.4, -0.2) is 10.2 Å². The lowest BCUT2D eigenvalue weighted by atomic mass is 10.3. The second-order valence-electron chi connectivity index (χ2n) is 2.03. The van der Waals surface area contributed by atoms with Crippen molar-refractivity contribution in [3.8, 4) is 0 Å². The minimum absolute atomic E-state index is 1.01. The molecular weight excluding hydrogens is 192 g/mol. The summed E-state index contributed by atoms with van der Waals surface area (Å²) >= 11 is 3.36. The van der Waals surface area contributed by atoms with Crippen LogP contribution in [0.1, 0.15) is 0 Å². The van der Waals surface area contributed by atoms with Crippen LogP contribution in [0.5, 0.6) is 0 Å². The maximum absolute atomic E-state index is 3.77. The first-order valence-electron chi connectivity index (χ1n) is 2.87. The molecule has 0 aliphatic rings. The number of benzene rings is 1. The normalized spacial score (nSPS) is 10.5. The molecule has 2 rings (SSSR count). The average Bonchev–Trinajstić information content (AvgIpc) is 2.33. The fourth-order valence-corrected chi connectivity index (χ4v) is 1.22. The van der Waals surface area contributed by atoms with Gasteiger partial charge in [-0.3, -0.25) is 5.10 Å². The van der Waals surface area contributed by atoms with Gasteiger partial charge in [-0.15, -0.1) is 0 Å². The Balaban J connectivity index is 2.86. The molecule has 49 valence electrons. The largest absolute Gasteiger partial charge is 0.277 e. The maximum Gasteiger partial charge on any atom is 0.121 e. The van der Waals surface area contributed by atoms with Gasteiger partial charge in [0, 0.05) is 9.86 Å². The van der Waals surface area contributed by atoms with Crippen molar-refractivity contribution in [3.05, 3.63) is 28.9 Å². The van der Waals surface area contributed by atoms with Crippen molar-refractivity contribution in [2.75, 3.05) is 0 Å². The summed E-state index contributed by atoms with van der Waals surface area (Å²) in [5.74, 6) is 0. The van der Waals surface area contributed by atoms with Crippen molar-refractivity contribution >= 4 is 26.8 Å². The zero-order valence-electron chi connectivity index (χ0n) is 5.06. The molecule has 0 aliphatic carbocycles. The van der Waals surface area contributed by atoms with E-state index in [1.807, 2.05) is 18.2 Å². The third kappa shape index (κ3) is 0.827. The van der Waals surface area contributed by atoms with Crippen molar-refractivity contribution in [1.82, 2.24) is 10.2 Å². The zero-order chi connectivity index (χ0) is 6.97. The molecule has 0 saturated heterocycles. The summed E-state index contributed by atoms with van der Waals surface area (Å²) in [6.07, 6.45) is 2.82. The average molecular weight is 196 g/mol. The molecule has 0 amide bonds. The van der Waals surface area contributed by atoms with Gasteiger partial charge in [0.1, 0.15) is 6.20 Å². The number of nitrogens with zero attached hydrogens (tertiary/aromatic N) is 1. The van der Waals surface area contributed by atoms with Gasteiger partial charge in [0.05, 0.1) is 5.52 Å². The lowest BCUT2D eigenvalue weighted by Gasteiger charge is -1.87. The van der Waals surface area contributed by atoms with E-state index in [-0.39, 0.29) is 0 Å². The van der Waals surface area contributed by atoms with E-state index in [0.29, 0.717) is 0 Å². The monoisotopic (exact) mass is 195 g/mol. The summed E-state index contributed by atoms with van der Waals surface area (Å²) in [5.41, 5.74) is 1.01. The number of halogens is 1. The third-order valence-corrected chi connectivity index (χ3v) is 1.83. The Morgan fingerprint density at radius 2 is 2.40 bits per heavy atom. The third-order valence-electron chi connectivity index (χ3n) is 1.33. The topological polar surface area (TPSA) is 28.7 Å². The van der Waals surface area contributed by atoms with Gasteiger partial charge in [-0.2, -0.15) is 5.10 Å². The highest BCUT2D eigenvalue weighted by molar-refractivity contribution is 9.10. The van der Waals surface area contributed by atoms with E-state index < -0.39 is 0 Å². The number of fused-ring (bicyclic) bond motifs is 1. The van der Waals surface area contributed by atoms with Crippen LogP contribution in [0.4, 0.5) is 0 Å². The standard InChI is InChI=1S/C7H4BrN2/c8-6-2-1-5-4-9-10-7(5)3-6/h1-3H,(H,9,10). The quantitative estimate of drug-likeness (QED) is 0.686. The summed E-state index contributed by atoms with van der Waals surface area (Å²) in [4.78, 5) is 0. The van der Waals surface area contributed by atoms with Gasteiger partial charge in [-0.1, -0.05) is 15.9 Å². The van der Waals surface area contributed by atoms with E-state index in [1.165, 1.54) is 0 Å². The lowest BCUT2D eigenvalue weighted by molar-refractivity contribution is 1.11.